The predicted octanol–water partition coefficient (Wildman–Crippen LogP) is 5.67. The third kappa shape index (κ3) is 6.42. The lowest BCUT2D eigenvalue weighted by molar-refractivity contribution is -0.118. The van der Waals surface area contributed by atoms with Crippen molar-refractivity contribution < 1.29 is 4.79 Å². The van der Waals surface area contributed by atoms with Crippen LogP contribution < -0.4 is 5.43 Å². The first-order chi connectivity index (χ1) is 16.2. The van der Waals surface area contributed by atoms with Crippen molar-refractivity contribution in [3.05, 3.63) is 71.8 Å². The van der Waals surface area contributed by atoms with E-state index in [0.717, 1.165) is 34.9 Å². The summed E-state index contributed by atoms with van der Waals surface area (Å²) in [5.74, 6) is 0.951. The maximum absolute atomic E-state index is 12.3. The molecule has 0 bridgehead atoms. The standard InChI is InChI=1S/C26H29N5OS/c1-20-14-16-22(17-15-20)25-29-30-26(31(25)23-12-6-3-7-13-23)33-19-24(32)28-27-18-8-11-21-9-4-2-5-10-21/h2,4-5,8-11,14-18,23H,3,6-7,12-13,19H2,1H3,(H,28,32)/b11-8+,27-18-. The summed E-state index contributed by atoms with van der Waals surface area (Å²) in [5.41, 5.74) is 5.94. The molecule has 0 unspecified atom stereocenters. The Hall–Kier alpha value is -3.19. The first-order valence-corrected chi connectivity index (χ1v) is 12.4. The molecule has 1 aromatic heterocycles. The SMILES string of the molecule is Cc1ccc(-c2nnc(SCC(=O)N/N=C\C=C\c3ccccc3)n2C2CCCCC2)cc1. The molecule has 2 aromatic carbocycles. The number of allylic oxidation sites excluding steroid dienone is 1. The summed E-state index contributed by atoms with van der Waals surface area (Å²) in [6.45, 7) is 2.08. The van der Waals surface area contributed by atoms with Gasteiger partial charge in [0.05, 0.1) is 5.75 Å². The van der Waals surface area contributed by atoms with E-state index >= 15 is 0 Å². The van der Waals surface area contributed by atoms with Crippen molar-refractivity contribution in [2.75, 3.05) is 5.75 Å². The maximum Gasteiger partial charge on any atom is 0.250 e. The van der Waals surface area contributed by atoms with Crippen LogP contribution in [0.1, 0.15) is 49.3 Å². The highest BCUT2D eigenvalue weighted by Gasteiger charge is 2.24. The van der Waals surface area contributed by atoms with Crippen LogP contribution in [0.15, 0.2) is 70.9 Å². The number of aromatic nitrogens is 3. The van der Waals surface area contributed by atoms with Crippen molar-refractivity contribution in [3.63, 3.8) is 0 Å². The van der Waals surface area contributed by atoms with Crippen molar-refractivity contribution in [2.45, 2.75) is 50.2 Å². The molecule has 0 spiro atoms. The molecule has 3 aromatic rings. The molecule has 1 heterocycles. The number of benzene rings is 2. The quantitative estimate of drug-likeness (QED) is 0.268. The molecular formula is C26H29N5OS. The molecule has 6 nitrogen and oxygen atoms in total. The lowest BCUT2D eigenvalue weighted by atomic mass is 9.95. The minimum atomic E-state index is -0.167. The van der Waals surface area contributed by atoms with Crippen molar-refractivity contribution in [1.82, 2.24) is 20.2 Å². The molecule has 1 aliphatic carbocycles. The molecule has 0 radical (unpaired) electrons. The molecule has 0 saturated heterocycles. The summed E-state index contributed by atoms with van der Waals surface area (Å²) in [6.07, 6.45) is 11.3. The van der Waals surface area contributed by atoms with E-state index in [2.05, 4.69) is 56.5 Å². The highest BCUT2D eigenvalue weighted by atomic mass is 32.2. The monoisotopic (exact) mass is 459 g/mol. The molecule has 0 atom stereocenters. The van der Waals surface area contributed by atoms with E-state index in [0.29, 0.717) is 6.04 Å². The predicted molar refractivity (Wildman–Crippen MR) is 135 cm³/mol. The smallest absolute Gasteiger partial charge is 0.250 e. The van der Waals surface area contributed by atoms with Gasteiger partial charge in [0.2, 0.25) is 0 Å². The van der Waals surface area contributed by atoms with E-state index in [1.807, 2.05) is 36.4 Å². The normalized spacial score (nSPS) is 14.8. The summed E-state index contributed by atoms with van der Waals surface area (Å²) in [5, 5.41) is 13.8. The summed E-state index contributed by atoms with van der Waals surface area (Å²) in [4.78, 5) is 12.3. The zero-order valence-corrected chi connectivity index (χ0v) is 19.7. The van der Waals surface area contributed by atoms with Crippen LogP contribution in [0.5, 0.6) is 0 Å². The van der Waals surface area contributed by atoms with Gasteiger partial charge in [0.1, 0.15) is 0 Å². The highest BCUT2D eigenvalue weighted by Crippen LogP contribution is 2.35. The van der Waals surface area contributed by atoms with Crippen molar-refractivity contribution in [2.24, 2.45) is 5.10 Å². The van der Waals surface area contributed by atoms with E-state index in [1.165, 1.54) is 36.6 Å². The van der Waals surface area contributed by atoms with Crippen LogP contribution in [0.4, 0.5) is 0 Å². The minimum absolute atomic E-state index is 0.167. The summed E-state index contributed by atoms with van der Waals surface area (Å²) in [6, 6.07) is 18.7. The van der Waals surface area contributed by atoms with Crippen LogP contribution in [0.25, 0.3) is 17.5 Å². The average molecular weight is 460 g/mol. The summed E-state index contributed by atoms with van der Waals surface area (Å²) in [7, 11) is 0. The van der Waals surface area contributed by atoms with Crippen molar-refractivity contribution in [3.8, 4) is 11.4 Å². The zero-order chi connectivity index (χ0) is 22.9. The highest BCUT2D eigenvalue weighted by molar-refractivity contribution is 7.99. The number of hydrogen-bond donors (Lipinski definition) is 1. The fourth-order valence-electron chi connectivity index (χ4n) is 3.98. The molecule has 170 valence electrons. The Labute approximate surface area is 199 Å². The van der Waals surface area contributed by atoms with E-state index in [4.69, 9.17) is 0 Å². The summed E-state index contributed by atoms with van der Waals surface area (Å²) >= 11 is 1.41. The largest absolute Gasteiger partial charge is 0.299 e. The Morgan fingerprint density at radius 1 is 1.09 bits per heavy atom. The third-order valence-electron chi connectivity index (χ3n) is 5.68. The number of nitrogens with zero attached hydrogens (tertiary/aromatic N) is 4. The molecule has 1 aliphatic rings. The topological polar surface area (TPSA) is 72.2 Å². The molecule has 0 aliphatic heterocycles. The van der Waals surface area contributed by atoms with Gasteiger partial charge in [-0.1, -0.05) is 97.3 Å². The number of thioether (sulfide) groups is 1. The van der Waals surface area contributed by atoms with Crippen LogP contribution >= 0.6 is 11.8 Å². The van der Waals surface area contributed by atoms with E-state index in [1.54, 1.807) is 12.3 Å². The Morgan fingerprint density at radius 3 is 2.61 bits per heavy atom. The Balaban J connectivity index is 1.39. The van der Waals surface area contributed by atoms with Gasteiger partial charge < -0.3 is 0 Å². The zero-order valence-electron chi connectivity index (χ0n) is 18.9. The van der Waals surface area contributed by atoms with Crippen LogP contribution in [0.2, 0.25) is 0 Å². The van der Waals surface area contributed by atoms with Crippen LogP contribution in [-0.4, -0.2) is 32.6 Å². The van der Waals surface area contributed by atoms with Crippen LogP contribution in [0.3, 0.4) is 0 Å². The van der Waals surface area contributed by atoms with Crippen molar-refractivity contribution in [1.29, 1.82) is 0 Å². The molecular weight excluding hydrogens is 430 g/mol. The Morgan fingerprint density at radius 2 is 1.85 bits per heavy atom. The van der Waals surface area contributed by atoms with Gasteiger partial charge in [-0.15, -0.1) is 10.2 Å². The molecule has 4 rings (SSSR count). The molecule has 33 heavy (non-hydrogen) atoms. The number of nitrogens with one attached hydrogen (secondary N) is 1. The number of hydrazone groups is 1. The van der Waals surface area contributed by atoms with Crippen LogP contribution in [0, 0.1) is 6.92 Å². The second kappa shape index (κ2) is 11.6. The first kappa shape index (κ1) is 23.0. The Kier molecular flexibility index (Phi) is 8.09. The molecule has 1 saturated carbocycles. The number of amides is 1. The van der Waals surface area contributed by atoms with Gasteiger partial charge in [0, 0.05) is 17.8 Å². The minimum Gasteiger partial charge on any atom is -0.299 e. The second-order valence-corrected chi connectivity index (χ2v) is 9.15. The van der Waals surface area contributed by atoms with Gasteiger partial charge in [-0.05, 0) is 31.4 Å². The molecule has 7 heteroatoms. The fourth-order valence-corrected chi connectivity index (χ4v) is 4.77. The van der Waals surface area contributed by atoms with E-state index in [-0.39, 0.29) is 11.7 Å². The number of hydrogen-bond acceptors (Lipinski definition) is 5. The molecule has 1 N–H and O–H groups in total. The maximum atomic E-state index is 12.3. The second-order valence-electron chi connectivity index (χ2n) is 8.21. The van der Waals surface area contributed by atoms with Crippen molar-refractivity contribution >= 4 is 30.0 Å². The van der Waals surface area contributed by atoms with Gasteiger partial charge in [0.25, 0.3) is 5.91 Å². The van der Waals surface area contributed by atoms with Gasteiger partial charge in [-0.2, -0.15) is 5.10 Å². The van der Waals surface area contributed by atoms with Gasteiger partial charge >= 0.3 is 0 Å². The number of carbonyl (C=O) groups is 1. The molecule has 1 amide bonds. The average Bonchev–Trinajstić information content (AvgIpc) is 3.28. The third-order valence-corrected chi connectivity index (χ3v) is 6.63. The lowest BCUT2D eigenvalue weighted by Crippen LogP contribution is -2.20. The molecule has 1 fully saturated rings. The fraction of sp³-hybridized carbons (Fsp3) is 0.308. The summed E-state index contributed by atoms with van der Waals surface area (Å²) < 4.78 is 2.24. The van der Waals surface area contributed by atoms with Gasteiger partial charge in [-0.25, -0.2) is 5.43 Å². The van der Waals surface area contributed by atoms with E-state index < -0.39 is 0 Å². The lowest BCUT2D eigenvalue weighted by Gasteiger charge is -2.25. The van der Waals surface area contributed by atoms with Gasteiger partial charge in [0.15, 0.2) is 11.0 Å². The van der Waals surface area contributed by atoms with E-state index in [9.17, 15) is 4.79 Å². The Bertz CT molecular complexity index is 1100. The first-order valence-electron chi connectivity index (χ1n) is 11.4. The number of rotatable bonds is 8. The number of aryl methyl sites for hydroxylation is 1. The number of carbonyl (C=O) groups excluding carboxylic acids is 1. The van der Waals surface area contributed by atoms with Gasteiger partial charge in [-0.3, -0.25) is 9.36 Å². The van der Waals surface area contributed by atoms with Crippen LogP contribution in [-0.2, 0) is 4.79 Å².